The average Bonchev–Trinajstić information content (AvgIpc) is 2.96. The largest absolute Gasteiger partial charge is 0.497 e. The second kappa shape index (κ2) is 5.48. The molecule has 1 aromatic carbocycles. The van der Waals surface area contributed by atoms with Crippen molar-refractivity contribution in [3.8, 4) is 11.5 Å². The summed E-state index contributed by atoms with van der Waals surface area (Å²) in [5, 5.41) is 0. The molecule has 1 saturated carbocycles. The summed E-state index contributed by atoms with van der Waals surface area (Å²) in [5.41, 5.74) is 2.61. The molecule has 5 heteroatoms. The molecule has 0 unspecified atom stereocenters. The van der Waals surface area contributed by atoms with E-state index in [1.54, 1.807) is 20.3 Å². The lowest BCUT2D eigenvalue weighted by Crippen LogP contribution is -2.45. The molecule has 0 saturated heterocycles. The molecule has 0 atom stereocenters. The average molecular weight is 264 g/mol. The molecule has 0 spiro atoms. The Morgan fingerprint density at radius 2 is 1.95 bits per heavy atom. The van der Waals surface area contributed by atoms with Crippen LogP contribution in [0.3, 0.4) is 0 Å². The monoisotopic (exact) mass is 264 g/mol. The van der Waals surface area contributed by atoms with Gasteiger partial charge in [0.1, 0.15) is 11.5 Å². The van der Waals surface area contributed by atoms with E-state index in [0.717, 1.165) is 31.2 Å². The molecule has 0 radical (unpaired) electrons. The Kier molecular flexibility index (Phi) is 3.95. The van der Waals surface area contributed by atoms with Gasteiger partial charge >= 0.3 is 0 Å². The summed E-state index contributed by atoms with van der Waals surface area (Å²) in [6.45, 7) is 0. The Morgan fingerprint density at radius 3 is 2.47 bits per heavy atom. The molecule has 1 aliphatic carbocycles. The van der Waals surface area contributed by atoms with Crippen molar-refractivity contribution in [1.82, 2.24) is 5.43 Å². The Balaban J connectivity index is 2.50. The molecule has 1 amide bonds. The number of methoxy groups -OCH3 is 2. The van der Waals surface area contributed by atoms with Crippen LogP contribution in [-0.4, -0.2) is 20.1 Å². The van der Waals surface area contributed by atoms with Crippen LogP contribution >= 0.6 is 0 Å². The Morgan fingerprint density at radius 1 is 1.26 bits per heavy atom. The lowest BCUT2D eigenvalue weighted by molar-refractivity contribution is -0.126. The number of carbonyl (C=O) groups is 1. The fourth-order valence-electron chi connectivity index (χ4n) is 2.93. The lowest BCUT2D eigenvalue weighted by Gasteiger charge is -2.29. The zero-order valence-corrected chi connectivity index (χ0v) is 11.4. The first-order valence-electron chi connectivity index (χ1n) is 6.41. The van der Waals surface area contributed by atoms with E-state index in [9.17, 15) is 4.79 Å². The molecule has 19 heavy (non-hydrogen) atoms. The first-order chi connectivity index (χ1) is 9.17. The smallest absolute Gasteiger partial charge is 0.244 e. The summed E-state index contributed by atoms with van der Waals surface area (Å²) in [7, 11) is 3.20. The van der Waals surface area contributed by atoms with Crippen molar-refractivity contribution in [3.63, 3.8) is 0 Å². The maximum Gasteiger partial charge on any atom is 0.244 e. The number of nitrogens with one attached hydrogen (secondary N) is 1. The first-order valence-corrected chi connectivity index (χ1v) is 6.41. The SMILES string of the molecule is COc1ccc(C2(C(=O)NN)CCCC2)c(OC)c1. The number of nitrogens with two attached hydrogens (primary N) is 1. The van der Waals surface area contributed by atoms with Gasteiger partial charge in [0.2, 0.25) is 5.91 Å². The summed E-state index contributed by atoms with van der Waals surface area (Å²) in [5.74, 6) is 6.59. The lowest BCUT2D eigenvalue weighted by atomic mass is 9.77. The van der Waals surface area contributed by atoms with Gasteiger partial charge in [0.05, 0.1) is 19.6 Å². The van der Waals surface area contributed by atoms with Gasteiger partial charge in [0.25, 0.3) is 0 Å². The topological polar surface area (TPSA) is 73.6 Å². The quantitative estimate of drug-likeness (QED) is 0.491. The van der Waals surface area contributed by atoms with E-state index >= 15 is 0 Å². The van der Waals surface area contributed by atoms with Gasteiger partial charge in [-0.05, 0) is 18.9 Å². The van der Waals surface area contributed by atoms with Gasteiger partial charge in [-0.3, -0.25) is 10.2 Å². The van der Waals surface area contributed by atoms with Crippen molar-refractivity contribution < 1.29 is 14.3 Å². The highest BCUT2D eigenvalue weighted by Crippen LogP contribution is 2.45. The predicted molar refractivity (Wildman–Crippen MR) is 72.0 cm³/mol. The van der Waals surface area contributed by atoms with E-state index in [-0.39, 0.29) is 5.91 Å². The normalized spacial score (nSPS) is 17.0. The number of hydrogen-bond donors (Lipinski definition) is 2. The maximum atomic E-state index is 12.2. The molecule has 104 valence electrons. The van der Waals surface area contributed by atoms with Crippen molar-refractivity contribution in [1.29, 1.82) is 0 Å². The van der Waals surface area contributed by atoms with E-state index in [2.05, 4.69) is 5.43 Å². The van der Waals surface area contributed by atoms with Crippen molar-refractivity contribution >= 4 is 5.91 Å². The van der Waals surface area contributed by atoms with Crippen molar-refractivity contribution in [2.45, 2.75) is 31.1 Å². The molecule has 5 nitrogen and oxygen atoms in total. The van der Waals surface area contributed by atoms with Gasteiger partial charge in [-0.15, -0.1) is 0 Å². The van der Waals surface area contributed by atoms with Gasteiger partial charge in [-0.25, -0.2) is 5.84 Å². The van der Waals surface area contributed by atoms with Crippen LogP contribution < -0.4 is 20.7 Å². The first kappa shape index (κ1) is 13.7. The molecular formula is C14H20N2O3. The summed E-state index contributed by atoms with van der Waals surface area (Å²) in [4.78, 5) is 12.2. The molecule has 1 aliphatic rings. The van der Waals surface area contributed by atoms with E-state index < -0.39 is 5.41 Å². The van der Waals surface area contributed by atoms with E-state index in [1.165, 1.54) is 0 Å². The number of hydrogen-bond acceptors (Lipinski definition) is 4. The number of carbonyl (C=O) groups excluding carboxylic acids is 1. The standard InChI is InChI=1S/C14H20N2O3/c1-18-10-5-6-11(12(9-10)19-2)14(13(17)16-15)7-3-4-8-14/h5-6,9H,3-4,7-8,15H2,1-2H3,(H,16,17). The van der Waals surface area contributed by atoms with Crippen molar-refractivity contribution in [2.24, 2.45) is 5.84 Å². The summed E-state index contributed by atoms with van der Waals surface area (Å²) in [6.07, 6.45) is 3.61. The van der Waals surface area contributed by atoms with Crippen LogP contribution in [0.5, 0.6) is 11.5 Å². The van der Waals surface area contributed by atoms with Gasteiger partial charge in [0, 0.05) is 11.6 Å². The van der Waals surface area contributed by atoms with Gasteiger partial charge in [-0.1, -0.05) is 18.9 Å². The number of amides is 1. The molecule has 0 heterocycles. The van der Waals surface area contributed by atoms with Crippen LogP contribution in [0.1, 0.15) is 31.2 Å². The Bertz CT molecular complexity index is 468. The minimum atomic E-state index is -0.577. The summed E-state index contributed by atoms with van der Waals surface area (Å²) < 4.78 is 10.6. The molecule has 1 fully saturated rings. The van der Waals surface area contributed by atoms with Crippen LogP contribution in [-0.2, 0) is 10.2 Å². The minimum Gasteiger partial charge on any atom is -0.497 e. The molecule has 0 bridgehead atoms. The van der Waals surface area contributed by atoms with Crippen LogP contribution in [0.4, 0.5) is 0 Å². The van der Waals surface area contributed by atoms with E-state index in [0.29, 0.717) is 11.5 Å². The molecule has 0 aromatic heterocycles. The fourth-order valence-corrected chi connectivity index (χ4v) is 2.93. The Hall–Kier alpha value is -1.75. The number of hydrazine groups is 1. The van der Waals surface area contributed by atoms with Crippen LogP contribution in [0, 0.1) is 0 Å². The number of ether oxygens (including phenoxy) is 2. The summed E-state index contributed by atoms with van der Waals surface area (Å²) >= 11 is 0. The number of benzene rings is 1. The molecule has 2 rings (SSSR count). The molecular weight excluding hydrogens is 244 g/mol. The molecule has 1 aromatic rings. The van der Waals surface area contributed by atoms with Crippen molar-refractivity contribution in [2.75, 3.05) is 14.2 Å². The molecule has 3 N–H and O–H groups in total. The maximum absolute atomic E-state index is 12.2. The Labute approximate surface area is 113 Å². The highest BCUT2D eigenvalue weighted by molar-refractivity contribution is 5.89. The van der Waals surface area contributed by atoms with E-state index in [1.807, 2.05) is 12.1 Å². The highest BCUT2D eigenvalue weighted by Gasteiger charge is 2.44. The highest BCUT2D eigenvalue weighted by atomic mass is 16.5. The third kappa shape index (κ3) is 2.26. The van der Waals surface area contributed by atoms with Crippen LogP contribution in [0.15, 0.2) is 18.2 Å². The van der Waals surface area contributed by atoms with Crippen LogP contribution in [0.2, 0.25) is 0 Å². The third-order valence-corrected chi connectivity index (χ3v) is 3.95. The van der Waals surface area contributed by atoms with Gasteiger partial charge in [0.15, 0.2) is 0 Å². The van der Waals surface area contributed by atoms with Crippen molar-refractivity contribution in [3.05, 3.63) is 23.8 Å². The zero-order chi connectivity index (χ0) is 13.9. The molecule has 0 aliphatic heterocycles. The second-order valence-corrected chi connectivity index (χ2v) is 4.83. The van der Waals surface area contributed by atoms with Crippen LogP contribution in [0.25, 0.3) is 0 Å². The zero-order valence-electron chi connectivity index (χ0n) is 11.4. The fraction of sp³-hybridized carbons (Fsp3) is 0.500. The van der Waals surface area contributed by atoms with E-state index in [4.69, 9.17) is 15.3 Å². The minimum absolute atomic E-state index is 0.145. The van der Waals surface area contributed by atoms with Gasteiger partial charge < -0.3 is 9.47 Å². The van der Waals surface area contributed by atoms with Gasteiger partial charge in [-0.2, -0.15) is 0 Å². The predicted octanol–water partition coefficient (Wildman–Crippen LogP) is 1.51. The second-order valence-electron chi connectivity index (χ2n) is 4.83. The number of rotatable bonds is 4. The summed E-state index contributed by atoms with van der Waals surface area (Å²) in [6, 6.07) is 5.55. The third-order valence-electron chi connectivity index (χ3n) is 3.95.